The van der Waals surface area contributed by atoms with E-state index in [1.54, 1.807) is 0 Å². The van der Waals surface area contributed by atoms with Crippen LogP contribution in [-0.2, 0) is 20.9 Å². The molecule has 8 heteroatoms. The quantitative estimate of drug-likeness (QED) is 0.254. The molecule has 37 heavy (non-hydrogen) atoms. The summed E-state index contributed by atoms with van der Waals surface area (Å²) in [5, 5.41) is 6.53. The zero-order valence-corrected chi connectivity index (χ0v) is 22.7. The summed E-state index contributed by atoms with van der Waals surface area (Å²) < 4.78 is 21.4. The molecule has 0 bridgehead atoms. The number of amides is 2. The first-order chi connectivity index (χ1) is 17.8. The third-order valence-electron chi connectivity index (χ3n) is 7.93. The molecule has 1 unspecified atom stereocenters. The Bertz CT molecular complexity index is 1090. The number of carbonyl (C=O) groups excluding carboxylic acids is 2. The molecule has 200 valence electrons. The van der Waals surface area contributed by atoms with Crippen molar-refractivity contribution >= 4 is 35.0 Å². The number of rotatable bonds is 10. The van der Waals surface area contributed by atoms with Crippen LogP contribution in [-0.4, -0.2) is 24.5 Å². The summed E-state index contributed by atoms with van der Waals surface area (Å²) in [7, 11) is 0. The first-order valence-corrected chi connectivity index (χ1v) is 13.9. The van der Waals surface area contributed by atoms with E-state index < -0.39 is 17.3 Å². The van der Waals surface area contributed by atoms with Crippen LogP contribution in [0.2, 0.25) is 10.0 Å². The molecule has 2 amide bonds. The molecule has 0 aromatic heterocycles. The predicted octanol–water partition coefficient (Wildman–Crippen LogP) is 6.76. The maximum Gasteiger partial charge on any atom is 0.223 e. The average molecular weight is 550 g/mol. The highest BCUT2D eigenvalue weighted by Crippen LogP contribution is 2.52. The van der Waals surface area contributed by atoms with E-state index in [-0.39, 0.29) is 39.4 Å². The first-order valence-electron chi connectivity index (χ1n) is 13.1. The van der Waals surface area contributed by atoms with Crippen LogP contribution in [0.5, 0.6) is 0 Å². The van der Waals surface area contributed by atoms with Crippen LogP contribution in [0.25, 0.3) is 0 Å². The summed E-state index contributed by atoms with van der Waals surface area (Å²) in [6.07, 6.45) is 6.26. The molecule has 2 fully saturated rings. The summed E-state index contributed by atoms with van der Waals surface area (Å²) in [6, 6.07) is 12.1. The Hall–Kier alpha value is -2.15. The highest BCUT2D eigenvalue weighted by Gasteiger charge is 2.45. The number of halogens is 3. The van der Waals surface area contributed by atoms with E-state index in [0.29, 0.717) is 32.5 Å². The lowest BCUT2D eigenvalue weighted by Crippen LogP contribution is -2.43. The van der Waals surface area contributed by atoms with Gasteiger partial charge in [-0.15, -0.1) is 0 Å². The predicted molar refractivity (Wildman–Crippen MR) is 144 cm³/mol. The number of hydrogen-bond acceptors (Lipinski definition) is 3. The van der Waals surface area contributed by atoms with E-state index in [1.165, 1.54) is 19.1 Å². The summed E-state index contributed by atoms with van der Waals surface area (Å²) >= 11 is 12.9. The Balaban J connectivity index is 1.56. The van der Waals surface area contributed by atoms with Gasteiger partial charge in [-0.3, -0.25) is 9.59 Å². The molecule has 0 spiro atoms. The highest BCUT2D eigenvalue weighted by atomic mass is 35.5. The molecule has 2 N–H and O–H groups in total. The molecular formula is C29H35Cl2FN2O3. The molecule has 0 aliphatic heterocycles. The summed E-state index contributed by atoms with van der Waals surface area (Å²) in [6.45, 7) is 2.46. The van der Waals surface area contributed by atoms with Gasteiger partial charge in [0, 0.05) is 31.1 Å². The zero-order valence-electron chi connectivity index (χ0n) is 21.2. The van der Waals surface area contributed by atoms with Gasteiger partial charge < -0.3 is 15.4 Å². The van der Waals surface area contributed by atoms with E-state index in [4.69, 9.17) is 27.9 Å². The molecule has 2 saturated carbocycles. The topological polar surface area (TPSA) is 67.4 Å². The number of benzene rings is 2. The fraction of sp³-hybridized carbons (Fsp3) is 0.517. The highest BCUT2D eigenvalue weighted by molar-refractivity contribution is 6.42. The minimum atomic E-state index is -0.631. The Morgan fingerprint density at radius 3 is 2.54 bits per heavy atom. The molecule has 0 heterocycles. The van der Waals surface area contributed by atoms with E-state index >= 15 is 4.39 Å². The number of nitrogens with one attached hydrogen (secondary N) is 2. The van der Waals surface area contributed by atoms with Gasteiger partial charge in [0.15, 0.2) is 0 Å². The van der Waals surface area contributed by atoms with Gasteiger partial charge >= 0.3 is 0 Å². The monoisotopic (exact) mass is 548 g/mol. The Morgan fingerprint density at radius 1 is 1.11 bits per heavy atom. The van der Waals surface area contributed by atoms with Crippen molar-refractivity contribution in [3.63, 3.8) is 0 Å². The van der Waals surface area contributed by atoms with Gasteiger partial charge in [-0.1, -0.05) is 66.4 Å². The third kappa shape index (κ3) is 6.84. The van der Waals surface area contributed by atoms with Gasteiger partial charge in [0.25, 0.3) is 0 Å². The first kappa shape index (κ1) is 27.9. The largest absolute Gasteiger partial charge is 0.377 e. The van der Waals surface area contributed by atoms with Crippen LogP contribution in [0.15, 0.2) is 42.5 Å². The minimum absolute atomic E-state index is 0.0231. The maximum absolute atomic E-state index is 15.4. The second-order valence-corrected chi connectivity index (χ2v) is 11.2. The normalized spacial score (nSPS) is 21.5. The molecule has 3 atom stereocenters. The number of ether oxygens (including phenoxy) is 1. The van der Waals surface area contributed by atoms with Crippen molar-refractivity contribution in [3.05, 3.63) is 69.5 Å². The second kappa shape index (κ2) is 12.6. The van der Waals surface area contributed by atoms with Crippen LogP contribution in [0.4, 0.5) is 4.39 Å². The van der Waals surface area contributed by atoms with Crippen LogP contribution in [0.3, 0.4) is 0 Å². The smallest absolute Gasteiger partial charge is 0.223 e. The van der Waals surface area contributed by atoms with Gasteiger partial charge in [-0.05, 0) is 61.6 Å². The Kier molecular flexibility index (Phi) is 9.49. The third-order valence-corrected chi connectivity index (χ3v) is 8.75. The molecule has 4 rings (SSSR count). The van der Waals surface area contributed by atoms with Gasteiger partial charge in [-0.2, -0.15) is 0 Å². The lowest BCUT2D eigenvalue weighted by atomic mass is 9.72. The van der Waals surface area contributed by atoms with Crippen molar-refractivity contribution in [1.29, 1.82) is 0 Å². The molecule has 2 aromatic rings. The lowest BCUT2D eigenvalue weighted by molar-refractivity contribution is -0.127. The maximum atomic E-state index is 15.4. The van der Waals surface area contributed by atoms with Gasteiger partial charge in [0.1, 0.15) is 5.82 Å². The molecule has 2 aliphatic rings. The van der Waals surface area contributed by atoms with Gasteiger partial charge in [0.2, 0.25) is 11.8 Å². The summed E-state index contributed by atoms with van der Waals surface area (Å²) in [5.74, 6) is -0.964. The summed E-state index contributed by atoms with van der Waals surface area (Å²) in [5.41, 5.74) is 0.938. The summed E-state index contributed by atoms with van der Waals surface area (Å²) in [4.78, 5) is 25.0. The minimum Gasteiger partial charge on any atom is -0.377 e. The lowest BCUT2D eigenvalue weighted by Gasteiger charge is -2.39. The zero-order chi connectivity index (χ0) is 26.4. The Labute approximate surface area is 228 Å². The standard InChI is InChI=1S/C29H35Cl2FN2O3/c1-19(35)33-22-10-9-21(17-22)28(36)34-27(25-24(32)12-11-23(30)26(25)31)29(13-5-6-14-29)15-16-37-18-20-7-3-2-4-8-20/h2-4,7-8,11-12,21-22,27H,5-6,9-10,13-18H2,1H3,(H,33,35)(H,34,36)/t21-,22-,27?/m1/s1. The van der Waals surface area contributed by atoms with Crippen LogP contribution in [0.1, 0.15) is 75.5 Å². The van der Waals surface area contributed by atoms with Crippen LogP contribution in [0, 0.1) is 17.2 Å². The number of hydrogen-bond donors (Lipinski definition) is 2. The molecule has 2 aromatic carbocycles. The van der Waals surface area contributed by atoms with Crippen molar-refractivity contribution in [2.75, 3.05) is 6.61 Å². The van der Waals surface area contributed by atoms with Crippen molar-refractivity contribution < 1.29 is 18.7 Å². The van der Waals surface area contributed by atoms with Gasteiger partial charge in [-0.25, -0.2) is 4.39 Å². The Morgan fingerprint density at radius 2 is 1.84 bits per heavy atom. The average Bonchev–Trinajstić information content (AvgIpc) is 3.55. The van der Waals surface area contributed by atoms with E-state index in [0.717, 1.165) is 37.7 Å². The molecule has 2 aliphatic carbocycles. The molecule has 0 saturated heterocycles. The molecular weight excluding hydrogens is 514 g/mol. The number of carbonyl (C=O) groups is 2. The van der Waals surface area contributed by atoms with Crippen LogP contribution < -0.4 is 10.6 Å². The van der Waals surface area contributed by atoms with E-state index in [2.05, 4.69) is 10.6 Å². The SMILES string of the molecule is CC(=O)N[C@@H]1CC[C@@H](C(=O)NC(c2c(F)ccc(Cl)c2Cl)C2(CCOCc3ccccc3)CCCC2)C1. The van der Waals surface area contributed by atoms with Crippen molar-refractivity contribution in [1.82, 2.24) is 10.6 Å². The van der Waals surface area contributed by atoms with E-state index in [9.17, 15) is 9.59 Å². The second-order valence-electron chi connectivity index (χ2n) is 10.5. The van der Waals surface area contributed by atoms with Crippen molar-refractivity contribution in [3.8, 4) is 0 Å². The fourth-order valence-electron chi connectivity index (χ4n) is 6.04. The fourth-order valence-corrected chi connectivity index (χ4v) is 6.47. The van der Waals surface area contributed by atoms with Crippen molar-refractivity contribution in [2.24, 2.45) is 11.3 Å². The van der Waals surface area contributed by atoms with Crippen molar-refractivity contribution in [2.45, 2.75) is 77.0 Å². The molecule has 5 nitrogen and oxygen atoms in total. The molecule has 0 radical (unpaired) electrons. The van der Waals surface area contributed by atoms with Gasteiger partial charge in [0.05, 0.1) is 22.7 Å². The van der Waals surface area contributed by atoms with Crippen LogP contribution >= 0.6 is 23.2 Å². The van der Waals surface area contributed by atoms with E-state index in [1.807, 2.05) is 30.3 Å².